The van der Waals surface area contributed by atoms with E-state index in [-0.39, 0.29) is 35.7 Å². The third-order valence-electron chi connectivity index (χ3n) is 3.84. The second kappa shape index (κ2) is 6.76. The number of hydrogen-bond donors (Lipinski definition) is 0. The molecule has 1 aliphatic heterocycles. The fraction of sp³-hybridized carbons (Fsp3) is 0.462. The maximum Gasteiger partial charge on any atom is 0.471 e. The number of benzene rings is 1. The highest BCUT2D eigenvalue weighted by atomic mass is 35.7. The van der Waals surface area contributed by atoms with E-state index >= 15 is 0 Å². The molecule has 0 aromatic heterocycles. The van der Waals surface area contributed by atoms with Gasteiger partial charge in [0.1, 0.15) is 0 Å². The zero-order chi connectivity index (χ0) is 19.0. The second-order valence-corrected chi connectivity index (χ2v) is 10.2. The van der Waals surface area contributed by atoms with Gasteiger partial charge in [0.15, 0.2) is 9.84 Å². The summed E-state index contributed by atoms with van der Waals surface area (Å²) in [5.41, 5.74) is 0. The molecule has 0 spiro atoms. The minimum Gasteiger partial charge on any atom is -0.335 e. The summed E-state index contributed by atoms with van der Waals surface area (Å²) in [6.07, 6.45) is -5.27. The summed E-state index contributed by atoms with van der Waals surface area (Å²) in [4.78, 5) is 11.3. The van der Waals surface area contributed by atoms with Crippen molar-refractivity contribution < 1.29 is 34.8 Å². The van der Waals surface area contributed by atoms with Gasteiger partial charge in [-0.05, 0) is 37.1 Å². The molecular weight excluding hydrogens is 407 g/mol. The Bertz CT molecular complexity index is 858. The largest absolute Gasteiger partial charge is 0.471 e. The summed E-state index contributed by atoms with van der Waals surface area (Å²) < 4.78 is 84.5. The molecule has 1 saturated heterocycles. The molecule has 0 radical (unpaired) electrons. The van der Waals surface area contributed by atoms with E-state index in [0.29, 0.717) is 4.90 Å². The SMILES string of the molecule is O=C(N1CCC(S(=O)(=O)c2ccc(S(=O)(=O)Cl)cc2)CC1)C(F)(F)F. The topological polar surface area (TPSA) is 88.6 Å². The van der Waals surface area contributed by atoms with Crippen LogP contribution in [0.2, 0.25) is 0 Å². The Labute approximate surface area is 146 Å². The van der Waals surface area contributed by atoms with Gasteiger partial charge in [0, 0.05) is 23.8 Å². The first-order valence-electron chi connectivity index (χ1n) is 6.98. The quantitative estimate of drug-likeness (QED) is 0.698. The number of carbonyl (C=O) groups is 1. The molecule has 0 N–H and O–H groups in total. The summed E-state index contributed by atoms with van der Waals surface area (Å²) in [5.74, 6) is -1.99. The molecule has 6 nitrogen and oxygen atoms in total. The van der Waals surface area contributed by atoms with Crippen molar-refractivity contribution in [1.82, 2.24) is 4.90 Å². The maximum absolute atomic E-state index is 12.5. The van der Waals surface area contributed by atoms with Crippen LogP contribution in [0, 0.1) is 0 Å². The predicted octanol–water partition coefficient (Wildman–Crippen LogP) is 1.94. The number of piperidine rings is 1. The van der Waals surface area contributed by atoms with Crippen LogP contribution in [0.25, 0.3) is 0 Å². The molecule has 1 aliphatic rings. The number of hydrogen-bond acceptors (Lipinski definition) is 5. The van der Waals surface area contributed by atoms with Crippen LogP contribution >= 0.6 is 10.7 Å². The van der Waals surface area contributed by atoms with E-state index in [1.165, 1.54) is 0 Å². The Morgan fingerprint density at radius 2 is 1.44 bits per heavy atom. The van der Waals surface area contributed by atoms with E-state index in [4.69, 9.17) is 10.7 Å². The number of alkyl halides is 3. The van der Waals surface area contributed by atoms with Gasteiger partial charge >= 0.3 is 12.1 Å². The van der Waals surface area contributed by atoms with Crippen LogP contribution in [-0.2, 0) is 23.7 Å². The molecule has 1 aromatic carbocycles. The van der Waals surface area contributed by atoms with Gasteiger partial charge in [-0.15, -0.1) is 0 Å². The molecule has 0 atom stereocenters. The van der Waals surface area contributed by atoms with Crippen LogP contribution in [0.15, 0.2) is 34.1 Å². The van der Waals surface area contributed by atoms with Crippen LogP contribution in [0.3, 0.4) is 0 Å². The van der Waals surface area contributed by atoms with Crippen molar-refractivity contribution in [2.24, 2.45) is 0 Å². The zero-order valence-corrected chi connectivity index (χ0v) is 14.9. The van der Waals surface area contributed by atoms with Crippen molar-refractivity contribution in [2.75, 3.05) is 13.1 Å². The minimum atomic E-state index is -4.99. The molecule has 2 rings (SSSR count). The Morgan fingerprint density at radius 3 is 1.84 bits per heavy atom. The van der Waals surface area contributed by atoms with Gasteiger partial charge in [-0.25, -0.2) is 16.8 Å². The summed E-state index contributed by atoms with van der Waals surface area (Å²) in [7, 11) is -2.71. The minimum absolute atomic E-state index is 0.139. The number of carbonyl (C=O) groups excluding carboxylic acids is 1. The van der Waals surface area contributed by atoms with Crippen molar-refractivity contribution in [3.63, 3.8) is 0 Å². The molecule has 0 saturated carbocycles. The fourth-order valence-electron chi connectivity index (χ4n) is 2.53. The number of halogens is 4. The molecule has 0 unspecified atom stereocenters. The van der Waals surface area contributed by atoms with Crippen molar-refractivity contribution in [2.45, 2.75) is 34.1 Å². The predicted molar refractivity (Wildman–Crippen MR) is 82.3 cm³/mol. The summed E-state index contributed by atoms with van der Waals surface area (Å²) in [6, 6.07) is 4.24. The number of nitrogens with zero attached hydrogens (tertiary/aromatic N) is 1. The van der Waals surface area contributed by atoms with Crippen LogP contribution in [0.5, 0.6) is 0 Å². The van der Waals surface area contributed by atoms with Gasteiger partial charge in [-0.2, -0.15) is 13.2 Å². The van der Waals surface area contributed by atoms with Crippen molar-refractivity contribution in [3.8, 4) is 0 Å². The maximum atomic E-state index is 12.5. The molecular formula is C13H13ClF3NO5S2. The Kier molecular flexibility index (Phi) is 5.41. The van der Waals surface area contributed by atoms with Crippen molar-refractivity contribution in [3.05, 3.63) is 24.3 Å². The molecule has 0 aliphatic carbocycles. The standard InChI is InChI=1S/C13H13ClF3NO5S2/c14-25(22,23)11-3-1-9(2-4-11)24(20,21)10-5-7-18(8-6-10)12(19)13(15,16)17/h1-4,10H,5-8H2. The van der Waals surface area contributed by atoms with E-state index in [1.54, 1.807) is 0 Å². The molecule has 1 heterocycles. The summed E-state index contributed by atoms with van der Waals surface area (Å²) >= 11 is 0. The van der Waals surface area contributed by atoms with E-state index in [1.807, 2.05) is 0 Å². The number of rotatable bonds is 3. The molecule has 0 bridgehead atoms. The lowest BCUT2D eigenvalue weighted by Gasteiger charge is -2.32. The van der Waals surface area contributed by atoms with E-state index in [9.17, 15) is 34.8 Å². The molecule has 1 fully saturated rings. The monoisotopic (exact) mass is 419 g/mol. The first-order valence-corrected chi connectivity index (χ1v) is 10.8. The highest BCUT2D eigenvalue weighted by Crippen LogP contribution is 2.28. The van der Waals surface area contributed by atoms with Crippen LogP contribution in [-0.4, -0.2) is 52.2 Å². The van der Waals surface area contributed by atoms with Crippen molar-refractivity contribution in [1.29, 1.82) is 0 Å². The molecule has 1 amide bonds. The number of amides is 1. The van der Waals surface area contributed by atoms with E-state index in [2.05, 4.69) is 0 Å². The smallest absolute Gasteiger partial charge is 0.335 e. The van der Waals surface area contributed by atoms with E-state index in [0.717, 1.165) is 24.3 Å². The molecule has 140 valence electrons. The normalized spacial score (nSPS) is 17.5. The molecule has 12 heteroatoms. The van der Waals surface area contributed by atoms with E-state index < -0.39 is 36.2 Å². The zero-order valence-electron chi connectivity index (χ0n) is 12.5. The van der Waals surface area contributed by atoms with Gasteiger partial charge in [-0.3, -0.25) is 4.79 Å². The van der Waals surface area contributed by atoms with Crippen molar-refractivity contribution >= 4 is 35.5 Å². The highest BCUT2D eigenvalue weighted by Gasteiger charge is 2.44. The van der Waals surface area contributed by atoms with Gasteiger partial charge in [0.05, 0.1) is 15.0 Å². The third-order valence-corrected chi connectivity index (χ3v) is 7.49. The molecule has 25 heavy (non-hydrogen) atoms. The van der Waals surface area contributed by atoms with Gasteiger partial charge in [0.2, 0.25) is 0 Å². The lowest BCUT2D eigenvalue weighted by Crippen LogP contribution is -2.47. The van der Waals surface area contributed by atoms with Gasteiger partial charge < -0.3 is 4.90 Å². The Morgan fingerprint density at radius 1 is 1.00 bits per heavy atom. The average molecular weight is 420 g/mol. The fourth-order valence-corrected chi connectivity index (χ4v) is 5.03. The van der Waals surface area contributed by atoms with Gasteiger partial charge in [0.25, 0.3) is 9.05 Å². The average Bonchev–Trinajstić information content (AvgIpc) is 2.52. The Balaban J connectivity index is 2.13. The third kappa shape index (κ3) is 4.45. The van der Waals surface area contributed by atoms with Crippen LogP contribution in [0.1, 0.15) is 12.8 Å². The van der Waals surface area contributed by atoms with Crippen LogP contribution < -0.4 is 0 Å². The first kappa shape index (κ1) is 20.0. The van der Waals surface area contributed by atoms with Crippen LogP contribution in [0.4, 0.5) is 13.2 Å². The lowest BCUT2D eigenvalue weighted by atomic mass is 10.1. The first-order chi connectivity index (χ1) is 11.3. The van der Waals surface area contributed by atoms with Gasteiger partial charge in [-0.1, -0.05) is 0 Å². The second-order valence-electron chi connectivity index (χ2n) is 5.44. The highest BCUT2D eigenvalue weighted by molar-refractivity contribution is 8.13. The Hall–Kier alpha value is -1.33. The number of likely N-dealkylation sites (tertiary alicyclic amines) is 1. The molecule has 1 aromatic rings. The lowest BCUT2D eigenvalue weighted by molar-refractivity contribution is -0.186. The summed E-state index contributed by atoms with van der Waals surface area (Å²) in [6.45, 7) is -0.646. The number of sulfone groups is 1. The summed E-state index contributed by atoms with van der Waals surface area (Å²) in [5, 5.41) is -0.955.